The molecule has 1 heterocycles. The van der Waals surface area contributed by atoms with E-state index in [0.717, 1.165) is 13.0 Å². The largest absolute Gasteiger partial charge is 0.356 e. The molecular weight excluding hydrogens is 319 g/mol. The van der Waals surface area contributed by atoms with E-state index in [1.165, 1.54) is 25.8 Å². The van der Waals surface area contributed by atoms with Crippen molar-refractivity contribution >= 4 is 29.1 Å². The minimum absolute atomic E-state index is 0.0262. The van der Waals surface area contributed by atoms with Crippen LogP contribution in [0.1, 0.15) is 38.2 Å². The Balaban J connectivity index is 1.70. The molecule has 0 aromatic heterocycles. The smallest absolute Gasteiger partial charge is 0.224 e. The molecule has 1 saturated heterocycles. The first kappa shape index (κ1) is 17.6. The molecule has 1 N–H and O–H groups in total. The van der Waals surface area contributed by atoms with Crippen LogP contribution in [-0.2, 0) is 11.2 Å². The van der Waals surface area contributed by atoms with E-state index >= 15 is 0 Å². The van der Waals surface area contributed by atoms with Crippen LogP contribution in [0.25, 0.3) is 0 Å². The molecule has 1 aromatic rings. The predicted molar refractivity (Wildman–Crippen MR) is 92.7 cm³/mol. The van der Waals surface area contributed by atoms with Gasteiger partial charge in [0.15, 0.2) is 0 Å². The second-order valence-corrected chi connectivity index (χ2v) is 6.78. The zero-order valence-corrected chi connectivity index (χ0v) is 14.6. The van der Waals surface area contributed by atoms with Crippen LogP contribution in [0.3, 0.4) is 0 Å². The normalized spacial score (nSPS) is 19.1. The summed E-state index contributed by atoms with van der Waals surface area (Å²) >= 11 is 12.2. The van der Waals surface area contributed by atoms with Gasteiger partial charge in [-0.3, -0.25) is 4.79 Å². The zero-order valence-electron chi connectivity index (χ0n) is 13.1. The van der Waals surface area contributed by atoms with Gasteiger partial charge < -0.3 is 10.2 Å². The molecule has 1 aliphatic rings. The van der Waals surface area contributed by atoms with Crippen molar-refractivity contribution in [3.8, 4) is 0 Å². The number of benzene rings is 1. The molecule has 1 amide bonds. The van der Waals surface area contributed by atoms with E-state index in [2.05, 4.69) is 17.1 Å². The van der Waals surface area contributed by atoms with Crippen LogP contribution >= 0.6 is 23.2 Å². The summed E-state index contributed by atoms with van der Waals surface area (Å²) in [7, 11) is 0. The van der Waals surface area contributed by atoms with Gasteiger partial charge in [0.2, 0.25) is 5.91 Å². The van der Waals surface area contributed by atoms with Crippen molar-refractivity contribution in [1.82, 2.24) is 10.2 Å². The molecule has 0 spiro atoms. The number of carbonyl (C=O) groups excluding carboxylic acids is 1. The van der Waals surface area contributed by atoms with Crippen LogP contribution < -0.4 is 5.32 Å². The average molecular weight is 343 g/mol. The Bertz CT molecular complexity index is 487. The van der Waals surface area contributed by atoms with Gasteiger partial charge in [-0.15, -0.1) is 0 Å². The van der Waals surface area contributed by atoms with E-state index in [1.54, 1.807) is 18.2 Å². The fraction of sp³-hybridized carbons (Fsp3) is 0.588. The summed E-state index contributed by atoms with van der Waals surface area (Å²) in [6.45, 7) is 5.22. The number of hydrogen-bond acceptors (Lipinski definition) is 2. The molecule has 1 aliphatic heterocycles. The van der Waals surface area contributed by atoms with Gasteiger partial charge in [0.25, 0.3) is 0 Å². The number of rotatable bonds is 6. The highest BCUT2D eigenvalue weighted by Crippen LogP contribution is 2.24. The van der Waals surface area contributed by atoms with Gasteiger partial charge >= 0.3 is 0 Å². The third-order valence-electron chi connectivity index (χ3n) is 4.28. The number of nitrogens with one attached hydrogen (secondary N) is 1. The van der Waals surface area contributed by atoms with Crippen LogP contribution in [-0.4, -0.2) is 36.5 Å². The van der Waals surface area contributed by atoms with Crippen LogP contribution in [0, 0.1) is 0 Å². The number of halogens is 2. The summed E-state index contributed by atoms with van der Waals surface area (Å²) in [6.07, 6.45) is 5.14. The quantitative estimate of drug-likeness (QED) is 0.794. The van der Waals surface area contributed by atoms with Crippen LogP contribution in [0.15, 0.2) is 18.2 Å². The number of amides is 1. The topological polar surface area (TPSA) is 32.3 Å². The van der Waals surface area contributed by atoms with Gasteiger partial charge in [-0.25, -0.2) is 0 Å². The Morgan fingerprint density at radius 1 is 1.32 bits per heavy atom. The van der Waals surface area contributed by atoms with E-state index in [0.29, 0.717) is 28.2 Å². The van der Waals surface area contributed by atoms with Gasteiger partial charge in [-0.05, 0) is 50.4 Å². The first-order chi connectivity index (χ1) is 10.6. The summed E-state index contributed by atoms with van der Waals surface area (Å²) in [4.78, 5) is 14.5. The van der Waals surface area contributed by atoms with Crippen LogP contribution in [0.4, 0.5) is 0 Å². The lowest BCUT2D eigenvalue weighted by atomic mass is 10.0. The van der Waals surface area contributed by atoms with Crippen molar-refractivity contribution < 1.29 is 4.79 Å². The maximum absolute atomic E-state index is 12.0. The lowest BCUT2D eigenvalue weighted by molar-refractivity contribution is -0.120. The summed E-state index contributed by atoms with van der Waals surface area (Å²) in [5.74, 6) is -0.0262. The number of nitrogens with zero attached hydrogens (tertiary/aromatic N) is 1. The number of carbonyl (C=O) groups is 1. The molecule has 3 nitrogen and oxygen atoms in total. The van der Waals surface area contributed by atoms with Crippen molar-refractivity contribution in [2.24, 2.45) is 0 Å². The van der Waals surface area contributed by atoms with Gasteiger partial charge in [0.1, 0.15) is 0 Å². The van der Waals surface area contributed by atoms with E-state index in [4.69, 9.17) is 23.2 Å². The van der Waals surface area contributed by atoms with E-state index < -0.39 is 0 Å². The minimum atomic E-state index is -0.0262. The summed E-state index contributed by atoms with van der Waals surface area (Å²) < 4.78 is 0. The molecular formula is C17H24Cl2N2O. The van der Waals surface area contributed by atoms with Crippen molar-refractivity contribution in [3.63, 3.8) is 0 Å². The molecule has 1 atom stereocenters. The Kier molecular flexibility index (Phi) is 7.00. The third kappa shape index (κ3) is 5.15. The Hall–Kier alpha value is -0.770. The van der Waals surface area contributed by atoms with Gasteiger partial charge in [0.05, 0.1) is 6.42 Å². The van der Waals surface area contributed by atoms with Crippen molar-refractivity contribution in [2.75, 3.05) is 19.6 Å². The fourth-order valence-electron chi connectivity index (χ4n) is 2.92. The van der Waals surface area contributed by atoms with Crippen molar-refractivity contribution in [1.29, 1.82) is 0 Å². The summed E-state index contributed by atoms with van der Waals surface area (Å²) in [5.41, 5.74) is 0.702. The minimum Gasteiger partial charge on any atom is -0.356 e. The summed E-state index contributed by atoms with van der Waals surface area (Å²) in [5, 5.41) is 4.05. The molecule has 0 saturated carbocycles. The third-order valence-corrected chi connectivity index (χ3v) is 4.99. The fourth-order valence-corrected chi connectivity index (χ4v) is 3.46. The molecule has 22 heavy (non-hydrogen) atoms. The van der Waals surface area contributed by atoms with Crippen molar-refractivity contribution in [3.05, 3.63) is 33.8 Å². The van der Waals surface area contributed by atoms with Crippen LogP contribution in [0.2, 0.25) is 10.0 Å². The molecule has 1 unspecified atom stereocenters. The average Bonchev–Trinajstić information content (AvgIpc) is 2.49. The van der Waals surface area contributed by atoms with Gasteiger partial charge in [-0.1, -0.05) is 35.7 Å². The lowest BCUT2D eigenvalue weighted by Gasteiger charge is -2.33. The second-order valence-electron chi connectivity index (χ2n) is 5.96. The van der Waals surface area contributed by atoms with E-state index in [1.807, 2.05) is 0 Å². The monoisotopic (exact) mass is 342 g/mol. The van der Waals surface area contributed by atoms with Crippen molar-refractivity contribution in [2.45, 2.75) is 45.1 Å². The van der Waals surface area contributed by atoms with Gasteiger partial charge in [0, 0.05) is 29.2 Å². The highest BCUT2D eigenvalue weighted by molar-refractivity contribution is 6.36. The maximum Gasteiger partial charge on any atom is 0.224 e. The highest BCUT2D eigenvalue weighted by Gasteiger charge is 2.17. The highest BCUT2D eigenvalue weighted by atomic mass is 35.5. The Morgan fingerprint density at radius 3 is 2.73 bits per heavy atom. The predicted octanol–water partition coefficient (Wildman–Crippen LogP) is 3.92. The SMILES string of the molecule is CC1CCCCN1CCCNC(=O)Cc1c(Cl)cccc1Cl. The molecule has 1 aromatic carbocycles. The van der Waals surface area contributed by atoms with E-state index in [-0.39, 0.29) is 12.3 Å². The van der Waals surface area contributed by atoms with E-state index in [9.17, 15) is 4.79 Å². The molecule has 2 rings (SSSR count). The molecule has 0 aliphatic carbocycles. The van der Waals surface area contributed by atoms with Crippen LogP contribution in [0.5, 0.6) is 0 Å². The Labute approximate surface area is 143 Å². The Morgan fingerprint density at radius 2 is 2.05 bits per heavy atom. The molecule has 0 bridgehead atoms. The number of hydrogen-bond donors (Lipinski definition) is 1. The molecule has 1 fully saturated rings. The molecule has 0 radical (unpaired) electrons. The summed E-state index contributed by atoms with van der Waals surface area (Å²) in [6, 6.07) is 5.97. The van der Waals surface area contributed by atoms with Gasteiger partial charge in [-0.2, -0.15) is 0 Å². The zero-order chi connectivity index (χ0) is 15.9. The lowest BCUT2D eigenvalue weighted by Crippen LogP contribution is -2.39. The maximum atomic E-state index is 12.0. The number of likely N-dealkylation sites (tertiary alicyclic amines) is 1. The molecule has 122 valence electrons. The molecule has 5 heteroatoms. The second kappa shape index (κ2) is 8.76. The first-order valence-electron chi connectivity index (χ1n) is 8.01. The standard InChI is InChI=1S/C17H24Cl2N2O/c1-13-6-2-3-10-21(13)11-5-9-20-17(22)12-14-15(18)7-4-8-16(14)19/h4,7-8,13H,2-3,5-6,9-12H2,1H3,(H,20,22). The number of piperidine rings is 1. The first-order valence-corrected chi connectivity index (χ1v) is 8.77.